The van der Waals surface area contributed by atoms with E-state index in [2.05, 4.69) is 27.7 Å². The number of fused-ring (bicyclic) bond motifs is 1. The lowest BCUT2D eigenvalue weighted by Crippen LogP contribution is -2.42. The molecule has 0 saturated heterocycles. The van der Waals surface area contributed by atoms with Crippen LogP contribution in [0.25, 0.3) is 0 Å². The maximum absolute atomic E-state index is 12.2. The Morgan fingerprint density at radius 3 is 2.57 bits per heavy atom. The van der Waals surface area contributed by atoms with Crippen molar-refractivity contribution < 1.29 is 9.53 Å². The zero-order valence-corrected chi connectivity index (χ0v) is 14.5. The molecule has 2 heteroatoms. The predicted molar refractivity (Wildman–Crippen MR) is 87.0 cm³/mol. The van der Waals surface area contributed by atoms with Crippen LogP contribution in [0.2, 0.25) is 0 Å². The van der Waals surface area contributed by atoms with Gasteiger partial charge in [0.2, 0.25) is 0 Å². The normalized spacial score (nSPS) is 34.0. The van der Waals surface area contributed by atoms with E-state index in [1.807, 2.05) is 6.92 Å². The summed E-state index contributed by atoms with van der Waals surface area (Å²) in [6.45, 7) is 11.7. The summed E-state index contributed by atoms with van der Waals surface area (Å²) in [6, 6.07) is 0. The van der Waals surface area contributed by atoms with Crippen LogP contribution in [0.15, 0.2) is 11.1 Å². The third-order valence-electron chi connectivity index (χ3n) is 6.35. The smallest absolute Gasteiger partial charge is 0.333 e. The first kappa shape index (κ1) is 16.6. The summed E-state index contributed by atoms with van der Waals surface area (Å²) in [6.07, 6.45) is 7.04. The van der Waals surface area contributed by atoms with Gasteiger partial charge in [-0.05, 0) is 68.6 Å². The quantitative estimate of drug-likeness (QED) is 0.532. The third kappa shape index (κ3) is 3.19. The zero-order valence-electron chi connectivity index (χ0n) is 14.5. The monoisotopic (exact) mass is 292 g/mol. The summed E-state index contributed by atoms with van der Waals surface area (Å²) < 4.78 is 5.26. The van der Waals surface area contributed by atoms with Crippen molar-refractivity contribution in [2.45, 2.75) is 73.1 Å². The number of esters is 1. The van der Waals surface area contributed by atoms with Gasteiger partial charge in [0, 0.05) is 5.57 Å². The lowest BCUT2D eigenvalue weighted by Gasteiger charge is -2.51. The van der Waals surface area contributed by atoms with Gasteiger partial charge in [-0.1, -0.05) is 33.3 Å². The fourth-order valence-corrected chi connectivity index (χ4v) is 4.54. The lowest BCUT2D eigenvalue weighted by atomic mass is 9.54. The van der Waals surface area contributed by atoms with Crippen LogP contribution in [0.1, 0.15) is 73.1 Å². The number of rotatable bonds is 3. The Kier molecular flexibility index (Phi) is 5.16. The zero-order chi connectivity index (χ0) is 15.6. The fourth-order valence-electron chi connectivity index (χ4n) is 4.54. The predicted octanol–water partition coefficient (Wildman–Crippen LogP) is 5.13. The third-order valence-corrected chi connectivity index (χ3v) is 6.35. The average molecular weight is 292 g/mol. The van der Waals surface area contributed by atoms with Crippen molar-refractivity contribution in [3.05, 3.63) is 11.1 Å². The average Bonchev–Trinajstić information content (AvgIpc) is 2.45. The summed E-state index contributed by atoms with van der Waals surface area (Å²) in [5, 5.41) is 0. The first-order chi connectivity index (χ1) is 9.91. The molecule has 2 rings (SSSR count). The molecule has 0 spiro atoms. The van der Waals surface area contributed by atoms with E-state index in [4.69, 9.17) is 4.74 Å². The highest BCUT2D eigenvalue weighted by atomic mass is 16.5. The number of carbonyl (C=O) groups is 1. The molecule has 120 valence electrons. The van der Waals surface area contributed by atoms with Crippen molar-refractivity contribution in [1.82, 2.24) is 0 Å². The van der Waals surface area contributed by atoms with E-state index < -0.39 is 0 Å². The summed E-state index contributed by atoms with van der Waals surface area (Å²) in [5.41, 5.74) is 2.74. The molecule has 0 unspecified atom stereocenters. The van der Waals surface area contributed by atoms with Gasteiger partial charge < -0.3 is 4.74 Å². The molecule has 21 heavy (non-hydrogen) atoms. The van der Waals surface area contributed by atoms with E-state index in [0.717, 1.165) is 42.6 Å². The van der Waals surface area contributed by atoms with Crippen molar-refractivity contribution in [3.63, 3.8) is 0 Å². The minimum atomic E-state index is -0.0740. The highest BCUT2D eigenvalue weighted by molar-refractivity contribution is 5.89. The minimum absolute atomic E-state index is 0.0740. The van der Waals surface area contributed by atoms with Crippen molar-refractivity contribution in [3.8, 4) is 0 Å². The standard InChI is InChI=1S/C19H32O2/c1-6-16(18(20)21-7-2)15-11-10-14-9-8-13(3)19(4,5)17(14)12-15/h13-14,17H,6-12H2,1-5H3/b16-15+/t13-,14+,17+/m0/s1. The first-order valence-electron chi connectivity index (χ1n) is 8.79. The highest BCUT2D eigenvalue weighted by Gasteiger charge is 2.45. The van der Waals surface area contributed by atoms with Gasteiger partial charge in [-0.2, -0.15) is 0 Å². The molecule has 0 bridgehead atoms. The van der Waals surface area contributed by atoms with Crippen molar-refractivity contribution in [1.29, 1.82) is 0 Å². The Balaban J connectivity index is 2.23. The topological polar surface area (TPSA) is 26.3 Å². The molecule has 2 saturated carbocycles. The minimum Gasteiger partial charge on any atom is -0.463 e. The second-order valence-corrected chi connectivity index (χ2v) is 7.57. The number of hydrogen-bond acceptors (Lipinski definition) is 2. The molecule has 0 amide bonds. The van der Waals surface area contributed by atoms with Gasteiger partial charge >= 0.3 is 5.97 Å². The second-order valence-electron chi connectivity index (χ2n) is 7.57. The lowest BCUT2D eigenvalue weighted by molar-refractivity contribution is -0.138. The van der Waals surface area contributed by atoms with Crippen molar-refractivity contribution >= 4 is 5.97 Å². The molecule has 0 aromatic rings. The van der Waals surface area contributed by atoms with E-state index in [9.17, 15) is 4.79 Å². The van der Waals surface area contributed by atoms with Crippen molar-refractivity contribution in [2.75, 3.05) is 6.61 Å². The summed E-state index contributed by atoms with van der Waals surface area (Å²) in [7, 11) is 0. The molecule has 0 aliphatic heterocycles. The number of allylic oxidation sites excluding steroid dienone is 1. The maximum Gasteiger partial charge on any atom is 0.333 e. The molecule has 0 N–H and O–H groups in total. The fraction of sp³-hybridized carbons (Fsp3) is 0.842. The number of carbonyl (C=O) groups excluding carboxylic acids is 1. The molecule has 0 aromatic carbocycles. The Hall–Kier alpha value is -0.790. The molecular formula is C19H32O2. The van der Waals surface area contributed by atoms with E-state index in [1.165, 1.54) is 24.8 Å². The molecule has 2 aliphatic rings. The summed E-state index contributed by atoms with van der Waals surface area (Å²) in [5.74, 6) is 2.31. The summed E-state index contributed by atoms with van der Waals surface area (Å²) in [4.78, 5) is 12.2. The second kappa shape index (κ2) is 6.54. The van der Waals surface area contributed by atoms with Crippen LogP contribution < -0.4 is 0 Å². The van der Waals surface area contributed by atoms with Gasteiger partial charge in [-0.3, -0.25) is 0 Å². The van der Waals surface area contributed by atoms with Crippen molar-refractivity contribution in [2.24, 2.45) is 23.2 Å². The van der Waals surface area contributed by atoms with Crippen LogP contribution in [-0.2, 0) is 9.53 Å². The Morgan fingerprint density at radius 2 is 1.95 bits per heavy atom. The maximum atomic E-state index is 12.2. The largest absolute Gasteiger partial charge is 0.463 e. The molecule has 3 atom stereocenters. The van der Waals surface area contributed by atoms with Gasteiger partial charge in [-0.15, -0.1) is 0 Å². The van der Waals surface area contributed by atoms with Gasteiger partial charge in [0.1, 0.15) is 0 Å². The molecule has 0 radical (unpaired) electrons. The van der Waals surface area contributed by atoms with E-state index in [1.54, 1.807) is 0 Å². The number of hydrogen-bond donors (Lipinski definition) is 0. The molecule has 0 heterocycles. The first-order valence-corrected chi connectivity index (χ1v) is 8.79. The molecule has 2 nitrogen and oxygen atoms in total. The highest BCUT2D eigenvalue weighted by Crippen LogP contribution is 2.54. The van der Waals surface area contributed by atoms with Crippen LogP contribution in [0.4, 0.5) is 0 Å². The summed E-state index contributed by atoms with van der Waals surface area (Å²) >= 11 is 0. The van der Waals surface area contributed by atoms with Crippen LogP contribution in [0.3, 0.4) is 0 Å². The Labute approximate surface area is 130 Å². The van der Waals surface area contributed by atoms with Gasteiger partial charge in [0.05, 0.1) is 6.61 Å². The van der Waals surface area contributed by atoms with Gasteiger partial charge in [0.25, 0.3) is 0 Å². The van der Waals surface area contributed by atoms with E-state index >= 15 is 0 Å². The molecule has 0 aromatic heterocycles. The van der Waals surface area contributed by atoms with Crippen LogP contribution >= 0.6 is 0 Å². The van der Waals surface area contributed by atoms with Crippen LogP contribution in [-0.4, -0.2) is 12.6 Å². The van der Waals surface area contributed by atoms with Crippen LogP contribution in [0, 0.1) is 23.2 Å². The SMILES string of the molecule is CCOC(=O)/C(CC)=C1\CC[C@H]2CC[C@H](C)C(C)(C)[C@@H]2C1. The number of ether oxygens (including phenoxy) is 1. The molecule has 2 aliphatic carbocycles. The Morgan fingerprint density at radius 1 is 1.24 bits per heavy atom. The molecule has 2 fully saturated rings. The van der Waals surface area contributed by atoms with Gasteiger partial charge in [0.15, 0.2) is 0 Å². The molecular weight excluding hydrogens is 260 g/mol. The Bertz CT molecular complexity index is 419. The van der Waals surface area contributed by atoms with E-state index in [0.29, 0.717) is 12.0 Å². The van der Waals surface area contributed by atoms with Crippen LogP contribution in [0.5, 0.6) is 0 Å². The van der Waals surface area contributed by atoms with Gasteiger partial charge in [-0.25, -0.2) is 4.79 Å². The van der Waals surface area contributed by atoms with E-state index in [-0.39, 0.29) is 5.97 Å².